The minimum Gasteiger partial charge on any atom is -0.507 e. The molecule has 31 heavy (non-hydrogen) atoms. The first-order valence-electron chi connectivity index (χ1n) is 10.1. The Balaban J connectivity index is 1.63. The van der Waals surface area contributed by atoms with Crippen molar-refractivity contribution in [3.05, 3.63) is 59.7 Å². The lowest BCUT2D eigenvalue weighted by Crippen LogP contribution is -2.20. The Labute approximate surface area is 186 Å². The van der Waals surface area contributed by atoms with Crippen molar-refractivity contribution >= 4 is 23.9 Å². The molecule has 2 N–H and O–H groups in total. The van der Waals surface area contributed by atoms with Gasteiger partial charge in [-0.25, -0.2) is 5.43 Å². The molecule has 0 aliphatic heterocycles. The van der Waals surface area contributed by atoms with E-state index >= 15 is 0 Å². The number of rotatable bonds is 7. The van der Waals surface area contributed by atoms with Crippen LogP contribution in [0.5, 0.6) is 5.75 Å². The number of hydrazone groups is 1. The first-order valence-corrected chi connectivity index (χ1v) is 11.0. The molecule has 1 amide bonds. The largest absolute Gasteiger partial charge is 0.507 e. The van der Waals surface area contributed by atoms with Crippen LogP contribution in [0, 0.1) is 0 Å². The van der Waals surface area contributed by atoms with Gasteiger partial charge in [-0.05, 0) is 30.0 Å². The smallest absolute Gasteiger partial charge is 0.250 e. The van der Waals surface area contributed by atoms with Crippen molar-refractivity contribution in [2.75, 3.05) is 5.75 Å². The van der Waals surface area contributed by atoms with Gasteiger partial charge in [-0.3, -0.25) is 4.79 Å². The summed E-state index contributed by atoms with van der Waals surface area (Å²) < 4.78 is 2.00. The summed E-state index contributed by atoms with van der Waals surface area (Å²) in [5, 5.41) is 22.9. The maximum Gasteiger partial charge on any atom is 0.250 e. The van der Waals surface area contributed by atoms with Crippen LogP contribution < -0.4 is 5.43 Å². The predicted molar refractivity (Wildman–Crippen MR) is 124 cm³/mol. The van der Waals surface area contributed by atoms with Gasteiger partial charge >= 0.3 is 0 Å². The highest BCUT2D eigenvalue weighted by atomic mass is 32.2. The van der Waals surface area contributed by atoms with Crippen LogP contribution in [0.3, 0.4) is 0 Å². The number of thioether (sulfide) groups is 1. The highest BCUT2D eigenvalue weighted by Crippen LogP contribution is 2.27. The number of benzene rings is 2. The third-order valence-corrected chi connectivity index (χ3v) is 5.67. The molecule has 3 aromatic rings. The quantitative estimate of drug-likeness (QED) is 0.328. The fraction of sp³-hybridized carbons (Fsp3) is 0.304. The molecular weight excluding hydrogens is 410 g/mol. The van der Waals surface area contributed by atoms with E-state index in [0.717, 1.165) is 11.4 Å². The second-order valence-electron chi connectivity index (χ2n) is 8.02. The van der Waals surface area contributed by atoms with Crippen LogP contribution in [0.25, 0.3) is 11.4 Å². The summed E-state index contributed by atoms with van der Waals surface area (Å²) in [6.07, 6.45) is 1.41. The van der Waals surface area contributed by atoms with Gasteiger partial charge in [-0.2, -0.15) is 5.10 Å². The van der Waals surface area contributed by atoms with Crippen LogP contribution in [0.2, 0.25) is 0 Å². The molecule has 0 unspecified atom stereocenters. The summed E-state index contributed by atoms with van der Waals surface area (Å²) in [5.41, 5.74) is 5.34. The molecule has 1 heterocycles. The molecule has 0 fully saturated rings. The Kier molecular flexibility index (Phi) is 7.12. The van der Waals surface area contributed by atoms with Crippen LogP contribution in [0.1, 0.15) is 38.8 Å². The molecule has 0 aliphatic carbocycles. The number of carbonyl (C=O) groups excluding carboxylic acids is 1. The molecule has 2 aromatic carbocycles. The van der Waals surface area contributed by atoms with E-state index in [1.807, 2.05) is 11.5 Å². The van der Waals surface area contributed by atoms with Gasteiger partial charge in [0.25, 0.3) is 5.91 Å². The maximum atomic E-state index is 12.1. The zero-order valence-electron chi connectivity index (χ0n) is 18.2. The molecule has 0 atom stereocenters. The van der Waals surface area contributed by atoms with Crippen molar-refractivity contribution in [1.82, 2.24) is 20.2 Å². The van der Waals surface area contributed by atoms with Crippen molar-refractivity contribution in [2.24, 2.45) is 5.10 Å². The molecule has 1 aromatic heterocycles. The number of para-hydroxylation sites is 1. The van der Waals surface area contributed by atoms with Gasteiger partial charge in [0, 0.05) is 17.7 Å². The van der Waals surface area contributed by atoms with Crippen LogP contribution in [0.4, 0.5) is 0 Å². The van der Waals surface area contributed by atoms with Crippen LogP contribution in [-0.2, 0) is 16.8 Å². The Morgan fingerprint density at radius 3 is 2.52 bits per heavy atom. The predicted octanol–water partition coefficient (Wildman–Crippen LogP) is 4.21. The Bertz CT molecular complexity index is 1070. The van der Waals surface area contributed by atoms with Crippen molar-refractivity contribution in [1.29, 1.82) is 0 Å². The molecule has 0 saturated heterocycles. The number of phenols is 1. The molecule has 0 spiro atoms. The van der Waals surface area contributed by atoms with Crippen molar-refractivity contribution in [3.63, 3.8) is 0 Å². The average Bonchev–Trinajstić information content (AvgIpc) is 3.16. The van der Waals surface area contributed by atoms with Gasteiger partial charge < -0.3 is 9.67 Å². The molecule has 0 saturated carbocycles. The number of hydrogen-bond acceptors (Lipinski definition) is 6. The lowest BCUT2D eigenvalue weighted by atomic mass is 9.87. The van der Waals surface area contributed by atoms with E-state index in [-0.39, 0.29) is 22.8 Å². The van der Waals surface area contributed by atoms with E-state index in [2.05, 4.69) is 65.8 Å². The van der Waals surface area contributed by atoms with Gasteiger partial charge in [-0.1, -0.05) is 68.9 Å². The Morgan fingerprint density at radius 1 is 1.16 bits per heavy atom. The summed E-state index contributed by atoms with van der Waals surface area (Å²) in [6, 6.07) is 15.1. The van der Waals surface area contributed by atoms with E-state index in [4.69, 9.17) is 0 Å². The molecule has 0 radical (unpaired) electrons. The lowest BCUT2D eigenvalue weighted by molar-refractivity contribution is -0.118. The number of phenolic OH excluding ortho intramolecular Hbond substituents is 1. The third-order valence-electron chi connectivity index (χ3n) is 4.70. The monoisotopic (exact) mass is 437 g/mol. The zero-order valence-corrected chi connectivity index (χ0v) is 19.0. The van der Waals surface area contributed by atoms with Crippen LogP contribution >= 0.6 is 11.8 Å². The van der Waals surface area contributed by atoms with Gasteiger partial charge in [0.15, 0.2) is 11.0 Å². The number of amides is 1. The first kappa shape index (κ1) is 22.6. The summed E-state index contributed by atoms with van der Waals surface area (Å²) in [7, 11) is 0. The van der Waals surface area contributed by atoms with E-state index in [1.165, 1.54) is 23.5 Å². The number of nitrogens with one attached hydrogen (secondary N) is 1. The standard InChI is InChI=1S/C23H27N5O2S/c1-5-28-21(16-10-12-18(13-11-16)23(2,3)4)26-27-22(28)31-15-20(30)25-24-14-17-8-6-7-9-19(17)29/h6-14,29H,5,15H2,1-4H3,(H,25,30)/b24-14+. The number of nitrogens with zero attached hydrogens (tertiary/aromatic N) is 4. The number of aromatic hydroxyl groups is 1. The highest BCUT2D eigenvalue weighted by Gasteiger charge is 2.17. The minimum atomic E-state index is -0.265. The second kappa shape index (κ2) is 9.78. The minimum absolute atomic E-state index is 0.0903. The lowest BCUT2D eigenvalue weighted by Gasteiger charge is -2.19. The molecule has 8 heteroatoms. The van der Waals surface area contributed by atoms with Crippen molar-refractivity contribution in [2.45, 2.75) is 44.8 Å². The molecule has 7 nitrogen and oxygen atoms in total. The van der Waals surface area contributed by atoms with E-state index in [1.54, 1.807) is 24.3 Å². The number of carbonyl (C=O) groups is 1. The summed E-state index contributed by atoms with van der Waals surface area (Å²) in [6.45, 7) is 9.27. The molecule has 3 rings (SSSR count). The highest BCUT2D eigenvalue weighted by molar-refractivity contribution is 7.99. The molecule has 0 aliphatic rings. The topological polar surface area (TPSA) is 92.4 Å². The van der Waals surface area contributed by atoms with E-state index < -0.39 is 0 Å². The number of aromatic nitrogens is 3. The van der Waals surface area contributed by atoms with Gasteiger partial charge in [-0.15, -0.1) is 10.2 Å². The van der Waals surface area contributed by atoms with E-state index in [0.29, 0.717) is 17.3 Å². The number of hydrogen-bond donors (Lipinski definition) is 2. The average molecular weight is 438 g/mol. The summed E-state index contributed by atoms with van der Waals surface area (Å²) in [5.74, 6) is 0.773. The molecule has 162 valence electrons. The third kappa shape index (κ3) is 5.73. The van der Waals surface area contributed by atoms with Crippen molar-refractivity contribution < 1.29 is 9.90 Å². The maximum absolute atomic E-state index is 12.1. The fourth-order valence-corrected chi connectivity index (χ4v) is 3.74. The zero-order chi connectivity index (χ0) is 22.4. The van der Waals surface area contributed by atoms with Crippen LogP contribution in [0.15, 0.2) is 58.8 Å². The second-order valence-corrected chi connectivity index (χ2v) is 8.96. The van der Waals surface area contributed by atoms with Gasteiger partial charge in [0.2, 0.25) is 0 Å². The normalized spacial score (nSPS) is 11.7. The fourth-order valence-electron chi connectivity index (χ4n) is 2.95. The van der Waals surface area contributed by atoms with Gasteiger partial charge in [0.05, 0.1) is 12.0 Å². The Hall–Kier alpha value is -3.13. The van der Waals surface area contributed by atoms with E-state index in [9.17, 15) is 9.90 Å². The molecule has 0 bridgehead atoms. The summed E-state index contributed by atoms with van der Waals surface area (Å²) in [4.78, 5) is 12.1. The summed E-state index contributed by atoms with van der Waals surface area (Å²) >= 11 is 1.31. The van der Waals surface area contributed by atoms with Crippen LogP contribution in [-0.4, -0.2) is 37.7 Å². The van der Waals surface area contributed by atoms with Gasteiger partial charge in [0.1, 0.15) is 5.75 Å². The Morgan fingerprint density at radius 2 is 1.87 bits per heavy atom. The SMILES string of the molecule is CCn1c(SCC(=O)N/N=C/c2ccccc2O)nnc1-c1ccc(C(C)(C)C)cc1. The molecular formula is C23H27N5O2S. The van der Waals surface area contributed by atoms with Crippen molar-refractivity contribution in [3.8, 4) is 17.1 Å². The first-order chi connectivity index (χ1) is 14.8.